The van der Waals surface area contributed by atoms with Crippen molar-refractivity contribution in [2.45, 2.75) is 10.1 Å². The second kappa shape index (κ2) is 5.27. The quantitative estimate of drug-likeness (QED) is 0.630. The van der Waals surface area contributed by atoms with Crippen molar-refractivity contribution in [1.82, 2.24) is 10.2 Å². The molecule has 0 bridgehead atoms. The molecule has 19 heavy (non-hydrogen) atoms. The summed E-state index contributed by atoms with van der Waals surface area (Å²) in [5.74, 6) is -0.993. The molecule has 1 aromatic heterocycles. The third kappa shape index (κ3) is 2.62. The summed E-state index contributed by atoms with van der Waals surface area (Å²) in [5.41, 5.74) is -0.294. The lowest BCUT2D eigenvalue weighted by molar-refractivity contribution is 0.396. The summed E-state index contributed by atoms with van der Waals surface area (Å²) in [7, 11) is -3.08. The van der Waals surface area contributed by atoms with Crippen LogP contribution in [-0.4, -0.2) is 32.0 Å². The van der Waals surface area contributed by atoms with Gasteiger partial charge in [0.15, 0.2) is 0 Å². The SMILES string of the molecule is COS(=O)(=O)c1cccc(F)c1-c1nnc(SC)o1. The first-order valence-electron chi connectivity index (χ1n) is 4.96. The molecule has 1 aromatic carbocycles. The first-order chi connectivity index (χ1) is 8.99. The van der Waals surface area contributed by atoms with Crippen molar-refractivity contribution in [2.24, 2.45) is 0 Å². The molecule has 0 saturated carbocycles. The molecule has 0 amide bonds. The Labute approximate surface area is 113 Å². The summed E-state index contributed by atoms with van der Waals surface area (Å²) in [6.45, 7) is 0. The predicted octanol–water partition coefficient (Wildman–Crippen LogP) is 1.93. The topological polar surface area (TPSA) is 82.3 Å². The van der Waals surface area contributed by atoms with Gasteiger partial charge in [-0.25, -0.2) is 4.39 Å². The van der Waals surface area contributed by atoms with Crippen LogP contribution in [0.1, 0.15) is 0 Å². The number of aromatic nitrogens is 2. The minimum Gasteiger partial charge on any atom is -0.411 e. The van der Waals surface area contributed by atoms with E-state index in [1.54, 1.807) is 6.26 Å². The zero-order valence-corrected chi connectivity index (χ0v) is 11.6. The van der Waals surface area contributed by atoms with Gasteiger partial charge in [-0.05, 0) is 18.4 Å². The fraction of sp³-hybridized carbons (Fsp3) is 0.200. The lowest BCUT2D eigenvalue weighted by Gasteiger charge is -2.06. The van der Waals surface area contributed by atoms with E-state index in [0.29, 0.717) is 0 Å². The zero-order chi connectivity index (χ0) is 14.0. The monoisotopic (exact) mass is 304 g/mol. The summed E-state index contributed by atoms with van der Waals surface area (Å²) in [4.78, 5) is -0.355. The van der Waals surface area contributed by atoms with Crippen LogP contribution in [0, 0.1) is 5.82 Å². The van der Waals surface area contributed by atoms with E-state index in [1.165, 1.54) is 23.9 Å². The molecule has 9 heteroatoms. The number of halogens is 1. The van der Waals surface area contributed by atoms with Crippen LogP contribution in [0.5, 0.6) is 0 Å². The molecule has 0 aliphatic carbocycles. The van der Waals surface area contributed by atoms with E-state index in [1.807, 2.05) is 0 Å². The van der Waals surface area contributed by atoms with Gasteiger partial charge in [-0.2, -0.15) is 8.42 Å². The lowest BCUT2D eigenvalue weighted by atomic mass is 10.2. The van der Waals surface area contributed by atoms with E-state index in [2.05, 4.69) is 14.4 Å². The highest BCUT2D eigenvalue weighted by Gasteiger charge is 2.25. The molecule has 2 aromatic rings. The molecule has 0 spiro atoms. The van der Waals surface area contributed by atoms with Gasteiger partial charge >= 0.3 is 0 Å². The van der Waals surface area contributed by atoms with Gasteiger partial charge in [-0.15, -0.1) is 10.2 Å². The van der Waals surface area contributed by atoms with E-state index >= 15 is 0 Å². The Morgan fingerprint density at radius 2 is 2.11 bits per heavy atom. The standard InChI is InChI=1S/C10H9FN2O4S2/c1-16-19(14,15)7-5-3-4-6(11)8(7)9-12-13-10(17-9)18-2/h3-5H,1-2H3. The van der Waals surface area contributed by atoms with E-state index in [0.717, 1.165) is 13.2 Å². The van der Waals surface area contributed by atoms with Gasteiger partial charge < -0.3 is 4.42 Å². The molecule has 0 saturated heterocycles. The highest BCUT2D eigenvalue weighted by molar-refractivity contribution is 7.98. The highest BCUT2D eigenvalue weighted by Crippen LogP contribution is 2.31. The Balaban J connectivity index is 2.68. The van der Waals surface area contributed by atoms with Crippen LogP contribution in [0.15, 0.2) is 32.7 Å². The molecule has 0 atom stereocenters. The minimum atomic E-state index is -4.07. The van der Waals surface area contributed by atoms with Crippen molar-refractivity contribution >= 4 is 21.9 Å². The maximum atomic E-state index is 13.9. The molecule has 0 aliphatic heterocycles. The summed E-state index contributed by atoms with van der Waals surface area (Å²) in [6, 6.07) is 3.57. The van der Waals surface area contributed by atoms with Crippen molar-refractivity contribution < 1.29 is 21.4 Å². The fourth-order valence-electron chi connectivity index (χ4n) is 1.40. The smallest absolute Gasteiger partial charge is 0.297 e. The Morgan fingerprint density at radius 1 is 1.37 bits per heavy atom. The average molecular weight is 304 g/mol. The molecule has 0 N–H and O–H groups in total. The van der Waals surface area contributed by atoms with Gasteiger partial charge in [0.2, 0.25) is 0 Å². The minimum absolute atomic E-state index is 0.207. The van der Waals surface area contributed by atoms with Crippen LogP contribution < -0.4 is 0 Å². The first-order valence-corrected chi connectivity index (χ1v) is 7.60. The van der Waals surface area contributed by atoms with Crippen molar-refractivity contribution in [3.63, 3.8) is 0 Å². The van der Waals surface area contributed by atoms with Crippen LogP contribution >= 0.6 is 11.8 Å². The predicted molar refractivity (Wildman–Crippen MR) is 65.7 cm³/mol. The van der Waals surface area contributed by atoms with Crippen LogP contribution in [0.3, 0.4) is 0 Å². The van der Waals surface area contributed by atoms with Crippen molar-refractivity contribution in [3.05, 3.63) is 24.0 Å². The Kier molecular flexibility index (Phi) is 3.88. The largest absolute Gasteiger partial charge is 0.411 e. The van der Waals surface area contributed by atoms with Gasteiger partial charge in [-0.3, -0.25) is 4.18 Å². The van der Waals surface area contributed by atoms with Crippen LogP contribution in [0.4, 0.5) is 4.39 Å². The van der Waals surface area contributed by atoms with Crippen LogP contribution in [0.2, 0.25) is 0 Å². The number of hydrogen-bond donors (Lipinski definition) is 0. The Morgan fingerprint density at radius 3 is 2.68 bits per heavy atom. The molecule has 1 heterocycles. The number of rotatable bonds is 4. The van der Waals surface area contributed by atoms with Crippen molar-refractivity contribution in [1.29, 1.82) is 0 Å². The first kappa shape index (κ1) is 14.0. The molecule has 0 radical (unpaired) electrons. The number of thioether (sulfide) groups is 1. The third-order valence-corrected chi connectivity index (χ3v) is 4.09. The van der Waals surface area contributed by atoms with E-state index < -0.39 is 15.9 Å². The van der Waals surface area contributed by atoms with E-state index in [4.69, 9.17) is 4.42 Å². The number of nitrogens with zero attached hydrogens (tertiary/aromatic N) is 2. The van der Waals surface area contributed by atoms with Gasteiger partial charge in [-0.1, -0.05) is 17.8 Å². The molecule has 102 valence electrons. The molecular weight excluding hydrogens is 295 g/mol. The molecule has 0 fully saturated rings. The second-order valence-electron chi connectivity index (χ2n) is 3.31. The third-order valence-electron chi connectivity index (χ3n) is 2.26. The normalized spacial score (nSPS) is 11.7. The van der Waals surface area contributed by atoms with Gasteiger partial charge in [0.05, 0.1) is 12.7 Å². The van der Waals surface area contributed by atoms with E-state index in [9.17, 15) is 12.8 Å². The molecule has 0 aliphatic rings. The summed E-state index contributed by atoms with van der Waals surface area (Å²) in [6.07, 6.45) is 1.70. The van der Waals surface area contributed by atoms with Gasteiger partial charge in [0, 0.05) is 0 Å². The van der Waals surface area contributed by atoms with Gasteiger partial charge in [0.25, 0.3) is 21.2 Å². The molecule has 0 unspecified atom stereocenters. The van der Waals surface area contributed by atoms with Crippen molar-refractivity contribution in [3.8, 4) is 11.5 Å². The van der Waals surface area contributed by atoms with Crippen LogP contribution in [0.25, 0.3) is 11.5 Å². The molecular formula is C10H9FN2O4S2. The fourth-order valence-corrected chi connectivity index (χ4v) is 2.55. The Hall–Kier alpha value is -1.45. The Bertz CT molecular complexity index is 699. The van der Waals surface area contributed by atoms with E-state index in [-0.39, 0.29) is 21.6 Å². The maximum Gasteiger partial charge on any atom is 0.297 e. The highest BCUT2D eigenvalue weighted by atomic mass is 32.2. The maximum absolute atomic E-state index is 13.9. The summed E-state index contributed by atoms with van der Waals surface area (Å²) in [5, 5.41) is 7.48. The van der Waals surface area contributed by atoms with Crippen molar-refractivity contribution in [2.75, 3.05) is 13.4 Å². The molecule has 6 nitrogen and oxygen atoms in total. The molecule has 2 rings (SSSR count). The van der Waals surface area contributed by atoms with Gasteiger partial charge in [0.1, 0.15) is 10.7 Å². The summed E-state index contributed by atoms with van der Waals surface area (Å²) < 4.78 is 46.9. The summed E-state index contributed by atoms with van der Waals surface area (Å²) >= 11 is 1.17. The second-order valence-corrected chi connectivity index (χ2v) is 5.75. The average Bonchev–Trinajstić information content (AvgIpc) is 2.87. The number of benzene rings is 1. The number of hydrogen-bond acceptors (Lipinski definition) is 7. The zero-order valence-electron chi connectivity index (χ0n) is 9.95. The lowest BCUT2D eigenvalue weighted by Crippen LogP contribution is -2.06. The van der Waals surface area contributed by atoms with Crippen LogP contribution in [-0.2, 0) is 14.3 Å².